The molecule has 4 nitrogen and oxygen atoms in total. The van der Waals surface area contributed by atoms with Gasteiger partial charge in [-0.25, -0.2) is 9.97 Å². The highest BCUT2D eigenvalue weighted by Crippen LogP contribution is 2.31. The molecule has 5 aromatic rings. The van der Waals surface area contributed by atoms with E-state index in [1.54, 1.807) is 11.8 Å². The Bertz CT molecular complexity index is 1360. The van der Waals surface area contributed by atoms with Crippen molar-refractivity contribution in [2.45, 2.75) is 37.5 Å². The molecular formula is C25H26N4S2. The van der Waals surface area contributed by atoms with Gasteiger partial charge in [0.15, 0.2) is 0 Å². The van der Waals surface area contributed by atoms with Crippen molar-refractivity contribution in [3.05, 3.63) is 59.7 Å². The predicted octanol–water partition coefficient (Wildman–Crippen LogP) is 7.43. The van der Waals surface area contributed by atoms with Crippen LogP contribution in [0, 0.1) is 13.8 Å². The summed E-state index contributed by atoms with van der Waals surface area (Å²) in [5.74, 6) is 1.72. The molecule has 0 amide bonds. The largest absolute Gasteiger partial charge is 0.338 e. The topological polar surface area (TPSA) is 57.4 Å². The molecule has 0 aliphatic carbocycles. The minimum atomic E-state index is 0.845. The summed E-state index contributed by atoms with van der Waals surface area (Å²) in [5.41, 5.74) is 8.48. The molecule has 0 saturated heterocycles. The molecule has 2 heterocycles. The molecule has 0 saturated carbocycles. The molecule has 0 bridgehead atoms. The Morgan fingerprint density at radius 1 is 0.742 bits per heavy atom. The molecule has 2 aromatic heterocycles. The van der Waals surface area contributed by atoms with Crippen molar-refractivity contribution in [1.82, 2.24) is 19.9 Å². The molecule has 2 N–H and O–H groups in total. The number of rotatable bonds is 3. The quantitative estimate of drug-likeness (QED) is 0.199. The van der Waals surface area contributed by atoms with E-state index in [2.05, 4.69) is 85.2 Å². The number of aryl methyl sites for hydroxylation is 2. The Labute approximate surface area is 192 Å². The van der Waals surface area contributed by atoms with Crippen molar-refractivity contribution in [1.29, 1.82) is 0 Å². The van der Waals surface area contributed by atoms with Gasteiger partial charge in [-0.1, -0.05) is 38.1 Å². The number of H-pyrrole nitrogens is 2. The van der Waals surface area contributed by atoms with E-state index in [9.17, 15) is 0 Å². The van der Waals surface area contributed by atoms with Crippen LogP contribution in [-0.4, -0.2) is 26.2 Å². The molecule has 0 unspecified atom stereocenters. The molecule has 158 valence electrons. The first kappa shape index (κ1) is 21.5. The second-order valence-corrected chi connectivity index (χ2v) is 8.62. The fraction of sp³-hybridized carbons (Fsp3) is 0.200. The van der Waals surface area contributed by atoms with Crippen LogP contribution in [-0.2, 0) is 0 Å². The third-order valence-corrected chi connectivity index (χ3v) is 6.15. The van der Waals surface area contributed by atoms with Crippen molar-refractivity contribution in [3.63, 3.8) is 0 Å². The van der Waals surface area contributed by atoms with Crippen molar-refractivity contribution in [2.75, 3.05) is 6.26 Å². The smallest absolute Gasteiger partial charge is 0.138 e. The van der Waals surface area contributed by atoms with Gasteiger partial charge in [0.05, 0.1) is 11.0 Å². The summed E-state index contributed by atoms with van der Waals surface area (Å²) in [5, 5.41) is 0. The van der Waals surface area contributed by atoms with Crippen molar-refractivity contribution >= 4 is 46.5 Å². The lowest BCUT2D eigenvalue weighted by Crippen LogP contribution is -1.83. The van der Waals surface area contributed by atoms with Gasteiger partial charge in [0, 0.05) is 20.9 Å². The van der Waals surface area contributed by atoms with Gasteiger partial charge in [-0.3, -0.25) is 0 Å². The molecule has 0 atom stereocenters. The Balaban J connectivity index is 0.00000112. The number of imidazole rings is 2. The average Bonchev–Trinajstić information content (AvgIpc) is 3.39. The Morgan fingerprint density at radius 3 is 1.77 bits per heavy atom. The highest BCUT2D eigenvalue weighted by atomic mass is 32.2. The maximum Gasteiger partial charge on any atom is 0.138 e. The monoisotopic (exact) mass is 446 g/mol. The summed E-state index contributed by atoms with van der Waals surface area (Å²) in [4.78, 5) is 18.5. The predicted molar refractivity (Wildman–Crippen MR) is 136 cm³/mol. The first-order valence-electron chi connectivity index (χ1n) is 10.4. The van der Waals surface area contributed by atoms with Crippen LogP contribution in [0.25, 0.3) is 44.8 Å². The summed E-state index contributed by atoms with van der Waals surface area (Å²) in [6, 6.07) is 16.8. The molecule has 3 aromatic carbocycles. The maximum atomic E-state index is 4.84. The Kier molecular flexibility index (Phi) is 6.12. The van der Waals surface area contributed by atoms with Crippen LogP contribution in [0.3, 0.4) is 0 Å². The second kappa shape index (κ2) is 8.81. The van der Waals surface area contributed by atoms with Crippen molar-refractivity contribution in [3.8, 4) is 22.8 Å². The molecule has 5 rings (SSSR count). The van der Waals surface area contributed by atoms with Crippen LogP contribution < -0.4 is 0 Å². The Hall–Kier alpha value is -2.70. The van der Waals surface area contributed by atoms with E-state index in [1.807, 2.05) is 19.9 Å². The molecule has 6 heteroatoms. The summed E-state index contributed by atoms with van der Waals surface area (Å²) in [6.07, 6.45) is 2.09. The second-order valence-electron chi connectivity index (χ2n) is 7.29. The fourth-order valence-electron chi connectivity index (χ4n) is 3.68. The van der Waals surface area contributed by atoms with Crippen LogP contribution in [0.15, 0.2) is 58.3 Å². The molecule has 0 fully saturated rings. The first-order chi connectivity index (χ1) is 15.0. The van der Waals surface area contributed by atoms with Crippen molar-refractivity contribution < 1.29 is 0 Å². The van der Waals surface area contributed by atoms with E-state index in [0.29, 0.717) is 0 Å². The Morgan fingerprint density at radius 2 is 1.23 bits per heavy atom. The summed E-state index contributed by atoms with van der Waals surface area (Å²) in [6.45, 7) is 8.17. The SMILES string of the molecule is CC.CSc1cc(C)cc2[nH]c(-c3ccc(-c4nc5c(S)cc(C)cc5[nH]4)cc3)nc12. The van der Waals surface area contributed by atoms with E-state index in [-0.39, 0.29) is 0 Å². The average molecular weight is 447 g/mol. The van der Waals surface area contributed by atoms with Crippen LogP contribution in [0.1, 0.15) is 25.0 Å². The normalized spacial score (nSPS) is 11.0. The summed E-state index contributed by atoms with van der Waals surface area (Å²) in [7, 11) is 0. The number of aromatic amines is 2. The lowest BCUT2D eigenvalue weighted by molar-refractivity contribution is 1.31. The number of hydrogen-bond acceptors (Lipinski definition) is 4. The molecule has 31 heavy (non-hydrogen) atoms. The number of aromatic nitrogens is 4. The number of benzene rings is 3. The van der Waals surface area contributed by atoms with Crippen molar-refractivity contribution in [2.24, 2.45) is 0 Å². The zero-order chi connectivity index (χ0) is 22.1. The third-order valence-electron chi connectivity index (χ3n) is 5.06. The van der Waals surface area contributed by atoms with Crippen LogP contribution in [0.2, 0.25) is 0 Å². The zero-order valence-electron chi connectivity index (χ0n) is 18.4. The van der Waals surface area contributed by atoms with Crippen LogP contribution >= 0.6 is 24.4 Å². The molecular weight excluding hydrogens is 420 g/mol. The highest BCUT2D eigenvalue weighted by molar-refractivity contribution is 7.98. The van der Waals surface area contributed by atoms with Gasteiger partial charge in [-0.2, -0.15) is 0 Å². The minimum Gasteiger partial charge on any atom is -0.338 e. The first-order valence-corrected chi connectivity index (χ1v) is 12.0. The van der Waals surface area contributed by atoms with E-state index in [1.165, 1.54) is 10.5 Å². The molecule has 0 spiro atoms. The maximum absolute atomic E-state index is 4.84. The molecule has 0 aliphatic heterocycles. The van der Waals surface area contributed by atoms with Gasteiger partial charge in [0.2, 0.25) is 0 Å². The van der Waals surface area contributed by atoms with Crippen LogP contribution in [0.5, 0.6) is 0 Å². The number of thioether (sulfide) groups is 1. The van der Waals surface area contributed by atoms with Gasteiger partial charge in [-0.05, 0) is 55.5 Å². The van der Waals surface area contributed by atoms with E-state index in [4.69, 9.17) is 9.97 Å². The van der Waals surface area contributed by atoms with Gasteiger partial charge in [-0.15, -0.1) is 24.4 Å². The number of hydrogen-bond donors (Lipinski definition) is 3. The van der Waals surface area contributed by atoms with E-state index < -0.39 is 0 Å². The number of nitrogens with zero attached hydrogens (tertiary/aromatic N) is 2. The summed E-state index contributed by atoms with van der Waals surface area (Å²) < 4.78 is 0. The summed E-state index contributed by atoms with van der Waals surface area (Å²) >= 11 is 6.28. The van der Waals surface area contributed by atoms with E-state index in [0.717, 1.165) is 55.3 Å². The van der Waals surface area contributed by atoms with Gasteiger partial charge >= 0.3 is 0 Å². The minimum absolute atomic E-state index is 0.845. The van der Waals surface area contributed by atoms with Gasteiger partial charge < -0.3 is 9.97 Å². The molecule has 0 aliphatic rings. The fourth-order valence-corrected chi connectivity index (χ4v) is 4.71. The van der Waals surface area contributed by atoms with Crippen LogP contribution in [0.4, 0.5) is 0 Å². The third kappa shape index (κ3) is 4.10. The van der Waals surface area contributed by atoms with E-state index >= 15 is 0 Å². The zero-order valence-corrected chi connectivity index (χ0v) is 20.1. The lowest BCUT2D eigenvalue weighted by atomic mass is 10.1. The lowest BCUT2D eigenvalue weighted by Gasteiger charge is -1.99. The number of nitrogens with one attached hydrogen (secondary N) is 2. The standard InChI is InChI=1S/C23H20N4S2.C2H6/c1-12-8-16-20(18(28)10-12)26-22(24-16)14-4-6-15(7-5-14)23-25-17-9-13(2)11-19(29-3)21(17)27-23;1-2/h4-11,28H,1-3H3,(H,24,26)(H,25,27);1-2H3. The van der Waals surface area contributed by atoms with Gasteiger partial charge in [0.1, 0.15) is 22.7 Å². The highest BCUT2D eigenvalue weighted by Gasteiger charge is 2.12. The van der Waals surface area contributed by atoms with Gasteiger partial charge in [0.25, 0.3) is 0 Å². The molecule has 0 radical (unpaired) electrons. The number of thiol groups is 1. The number of fused-ring (bicyclic) bond motifs is 2.